The zero-order valence-electron chi connectivity index (χ0n) is 16.5. The number of likely N-dealkylation sites (tertiary alicyclic amines) is 1. The third-order valence-corrected chi connectivity index (χ3v) is 5.15. The summed E-state index contributed by atoms with van der Waals surface area (Å²) in [6.45, 7) is 6.53. The summed E-state index contributed by atoms with van der Waals surface area (Å²) in [4.78, 5) is 28.4. The summed E-state index contributed by atoms with van der Waals surface area (Å²) >= 11 is 0. The number of unbranched alkanes of at least 4 members (excludes halogenated alkanes) is 1. The van der Waals surface area contributed by atoms with Gasteiger partial charge in [-0.05, 0) is 50.7 Å². The maximum atomic E-state index is 12.5. The molecule has 144 valence electrons. The molecule has 2 rings (SSSR count). The van der Waals surface area contributed by atoms with Crippen molar-refractivity contribution in [3.63, 3.8) is 0 Å². The van der Waals surface area contributed by atoms with Crippen LogP contribution in [0.1, 0.15) is 51.0 Å². The van der Waals surface area contributed by atoms with Gasteiger partial charge in [0.2, 0.25) is 5.91 Å². The number of urea groups is 1. The van der Waals surface area contributed by atoms with E-state index >= 15 is 0 Å². The Morgan fingerprint density at radius 2 is 2.00 bits per heavy atom. The number of aryl methyl sites for hydroxylation is 1. The van der Waals surface area contributed by atoms with Crippen molar-refractivity contribution in [1.29, 1.82) is 0 Å². The Bertz CT molecular complexity index is 585. The van der Waals surface area contributed by atoms with Crippen LogP contribution in [0.15, 0.2) is 24.3 Å². The van der Waals surface area contributed by atoms with Gasteiger partial charge in [0.05, 0.1) is 0 Å². The van der Waals surface area contributed by atoms with E-state index in [1.807, 2.05) is 48.0 Å². The van der Waals surface area contributed by atoms with E-state index in [1.165, 1.54) is 5.56 Å². The molecule has 0 spiro atoms. The first kappa shape index (κ1) is 20.3. The van der Waals surface area contributed by atoms with Crippen molar-refractivity contribution in [3.05, 3.63) is 29.8 Å². The highest BCUT2D eigenvalue weighted by Gasteiger charge is 2.24. The molecule has 1 unspecified atom stereocenters. The summed E-state index contributed by atoms with van der Waals surface area (Å²) in [5.74, 6) is 0.635. The fraction of sp³-hybridized carbons (Fsp3) is 0.619. The summed E-state index contributed by atoms with van der Waals surface area (Å²) in [6, 6.07) is 7.81. The van der Waals surface area contributed by atoms with E-state index in [-0.39, 0.29) is 11.9 Å². The second kappa shape index (κ2) is 10.2. The average molecular weight is 360 g/mol. The number of nitrogens with zero attached hydrogens (tertiary/aromatic N) is 2. The van der Waals surface area contributed by atoms with E-state index < -0.39 is 0 Å². The van der Waals surface area contributed by atoms with Crippen LogP contribution in [-0.2, 0) is 4.79 Å². The van der Waals surface area contributed by atoms with Gasteiger partial charge in [0, 0.05) is 38.8 Å². The SMILES string of the molecule is CCCCN(C)C(=O)CCC1CCCN(C(=O)Nc2ccc(C)cc2)C1. The van der Waals surface area contributed by atoms with Gasteiger partial charge in [-0.1, -0.05) is 31.0 Å². The van der Waals surface area contributed by atoms with E-state index in [2.05, 4.69) is 12.2 Å². The first-order valence-corrected chi connectivity index (χ1v) is 9.86. The average Bonchev–Trinajstić information content (AvgIpc) is 2.66. The molecule has 0 radical (unpaired) electrons. The van der Waals surface area contributed by atoms with E-state index in [0.717, 1.165) is 57.4 Å². The van der Waals surface area contributed by atoms with Gasteiger partial charge in [-0.2, -0.15) is 0 Å². The third kappa shape index (κ3) is 6.36. The molecular weight excluding hydrogens is 326 g/mol. The number of amides is 3. The molecule has 1 heterocycles. The highest BCUT2D eigenvalue weighted by Crippen LogP contribution is 2.22. The van der Waals surface area contributed by atoms with E-state index in [4.69, 9.17) is 0 Å². The van der Waals surface area contributed by atoms with E-state index in [0.29, 0.717) is 12.3 Å². The van der Waals surface area contributed by atoms with E-state index in [1.54, 1.807) is 0 Å². The molecule has 5 heteroatoms. The van der Waals surface area contributed by atoms with Gasteiger partial charge >= 0.3 is 6.03 Å². The van der Waals surface area contributed by atoms with Crippen molar-refractivity contribution in [2.75, 3.05) is 32.0 Å². The minimum atomic E-state index is -0.0371. The number of carbonyl (C=O) groups excluding carboxylic acids is 2. The van der Waals surface area contributed by atoms with Crippen LogP contribution >= 0.6 is 0 Å². The lowest BCUT2D eigenvalue weighted by atomic mass is 9.93. The zero-order chi connectivity index (χ0) is 18.9. The van der Waals surface area contributed by atoms with Crippen molar-refractivity contribution in [3.8, 4) is 0 Å². The lowest BCUT2D eigenvalue weighted by molar-refractivity contribution is -0.130. The smallest absolute Gasteiger partial charge is 0.321 e. The number of rotatable bonds is 7. The quantitative estimate of drug-likeness (QED) is 0.790. The Morgan fingerprint density at radius 1 is 1.27 bits per heavy atom. The lowest BCUT2D eigenvalue weighted by Gasteiger charge is -2.33. The number of piperidine rings is 1. The summed E-state index contributed by atoms with van der Waals surface area (Å²) < 4.78 is 0. The van der Waals surface area contributed by atoms with Crippen molar-refractivity contribution in [1.82, 2.24) is 9.80 Å². The number of benzene rings is 1. The Hall–Kier alpha value is -2.04. The van der Waals surface area contributed by atoms with Crippen LogP contribution < -0.4 is 5.32 Å². The summed E-state index contributed by atoms with van der Waals surface area (Å²) in [6.07, 6.45) is 5.71. The van der Waals surface area contributed by atoms with Gasteiger partial charge in [0.1, 0.15) is 0 Å². The first-order chi connectivity index (χ1) is 12.5. The molecule has 1 aliphatic heterocycles. The predicted octanol–water partition coefficient (Wildman–Crippen LogP) is 4.28. The topological polar surface area (TPSA) is 52.7 Å². The van der Waals surface area contributed by atoms with Crippen molar-refractivity contribution in [2.45, 2.75) is 52.4 Å². The molecule has 0 aliphatic carbocycles. The lowest BCUT2D eigenvalue weighted by Crippen LogP contribution is -2.42. The number of hydrogen-bond acceptors (Lipinski definition) is 2. The maximum absolute atomic E-state index is 12.5. The molecule has 0 bridgehead atoms. The fourth-order valence-corrected chi connectivity index (χ4v) is 3.36. The molecule has 26 heavy (non-hydrogen) atoms. The Labute approximate surface area is 157 Å². The number of anilines is 1. The van der Waals surface area contributed by atoms with Crippen molar-refractivity contribution in [2.24, 2.45) is 5.92 Å². The van der Waals surface area contributed by atoms with Crippen LogP contribution in [0.5, 0.6) is 0 Å². The van der Waals surface area contributed by atoms with Crippen molar-refractivity contribution < 1.29 is 9.59 Å². The molecule has 1 saturated heterocycles. The molecular formula is C21H33N3O2. The standard InChI is InChI=1S/C21H33N3O2/c1-4-5-14-23(3)20(25)13-10-18-7-6-15-24(16-18)21(26)22-19-11-8-17(2)9-12-19/h8-9,11-12,18H,4-7,10,13-16H2,1-3H3,(H,22,26). The molecule has 1 aliphatic rings. The molecule has 1 atom stereocenters. The largest absolute Gasteiger partial charge is 0.346 e. The van der Waals surface area contributed by atoms with Crippen LogP contribution in [0.4, 0.5) is 10.5 Å². The van der Waals surface area contributed by atoms with Crippen LogP contribution in [0.25, 0.3) is 0 Å². The molecule has 5 nitrogen and oxygen atoms in total. The summed E-state index contributed by atoms with van der Waals surface area (Å²) in [7, 11) is 1.89. The highest BCUT2D eigenvalue weighted by atomic mass is 16.2. The van der Waals surface area contributed by atoms with Gasteiger partial charge in [0.15, 0.2) is 0 Å². The molecule has 0 aromatic heterocycles. The second-order valence-corrected chi connectivity index (χ2v) is 7.46. The number of nitrogens with one attached hydrogen (secondary N) is 1. The minimum absolute atomic E-state index is 0.0371. The highest BCUT2D eigenvalue weighted by molar-refractivity contribution is 5.89. The van der Waals surface area contributed by atoms with Crippen molar-refractivity contribution >= 4 is 17.6 Å². The molecule has 1 N–H and O–H groups in total. The van der Waals surface area contributed by atoms with Crippen LogP contribution in [0.3, 0.4) is 0 Å². The molecule has 1 aromatic rings. The maximum Gasteiger partial charge on any atom is 0.321 e. The zero-order valence-corrected chi connectivity index (χ0v) is 16.5. The molecule has 3 amide bonds. The molecule has 0 saturated carbocycles. The second-order valence-electron chi connectivity index (χ2n) is 7.46. The number of carbonyl (C=O) groups is 2. The monoisotopic (exact) mass is 359 g/mol. The van der Waals surface area contributed by atoms with E-state index in [9.17, 15) is 9.59 Å². The fourth-order valence-electron chi connectivity index (χ4n) is 3.36. The Morgan fingerprint density at radius 3 is 2.69 bits per heavy atom. The van der Waals surface area contributed by atoms with Crippen LogP contribution in [-0.4, -0.2) is 48.4 Å². The summed E-state index contributed by atoms with van der Waals surface area (Å²) in [5.41, 5.74) is 2.00. The van der Waals surface area contributed by atoms with Gasteiger partial charge < -0.3 is 15.1 Å². The Kier molecular flexibility index (Phi) is 7.95. The van der Waals surface area contributed by atoms with Crippen LogP contribution in [0.2, 0.25) is 0 Å². The van der Waals surface area contributed by atoms with Gasteiger partial charge in [-0.3, -0.25) is 4.79 Å². The van der Waals surface area contributed by atoms with Gasteiger partial charge in [-0.15, -0.1) is 0 Å². The normalized spacial score (nSPS) is 17.0. The van der Waals surface area contributed by atoms with Crippen LogP contribution in [0, 0.1) is 12.8 Å². The minimum Gasteiger partial charge on any atom is -0.346 e. The molecule has 1 aromatic carbocycles. The van der Waals surface area contributed by atoms with Gasteiger partial charge in [-0.25, -0.2) is 4.79 Å². The summed E-state index contributed by atoms with van der Waals surface area (Å²) in [5, 5.41) is 2.98. The number of hydrogen-bond donors (Lipinski definition) is 1. The first-order valence-electron chi connectivity index (χ1n) is 9.86. The Balaban J connectivity index is 1.78. The molecule has 1 fully saturated rings. The van der Waals surface area contributed by atoms with Gasteiger partial charge in [0.25, 0.3) is 0 Å². The third-order valence-electron chi connectivity index (χ3n) is 5.15. The predicted molar refractivity (Wildman–Crippen MR) is 106 cm³/mol.